The number of hydrogen-bond acceptors (Lipinski definition) is 5. The topological polar surface area (TPSA) is 121 Å². The van der Waals surface area contributed by atoms with Gasteiger partial charge in [-0.2, -0.15) is 0 Å². The van der Waals surface area contributed by atoms with Gasteiger partial charge in [-0.1, -0.05) is 0 Å². The Bertz CT molecular complexity index is 335. The molecular weight excluding hydrogens is 248 g/mol. The first-order chi connectivity index (χ1) is 7.93. The molecule has 0 saturated carbocycles. The molecule has 1 amide bonds. The predicted molar refractivity (Wildman–Crippen MR) is 60.4 cm³/mol. The van der Waals surface area contributed by atoms with E-state index in [0.29, 0.717) is 11.6 Å². The van der Waals surface area contributed by atoms with Crippen molar-refractivity contribution >= 4 is 29.6 Å². The SMILES string of the molecule is NC(CCC(=O)N1CSCC1C(=O)O)C(=O)O. The van der Waals surface area contributed by atoms with Gasteiger partial charge in [-0.05, 0) is 6.42 Å². The second-order valence-electron chi connectivity index (χ2n) is 3.70. The van der Waals surface area contributed by atoms with Gasteiger partial charge < -0.3 is 20.8 Å². The zero-order valence-electron chi connectivity index (χ0n) is 9.04. The highest BCUT2D eigenvalue weighted by Gasteiger charge is 2.34. The molecule has 7 nitrogen and oxygen atoms in total. The average Bonchev–Trinajstić information content (AvgIpc) is 2.73. The van der Waals surface area contributed by atoms with Gasteiger partial charge in [0.25, 0.3) is 0 Å². The van der Waals surface area contributed by atoms with Crippen molar-refractivity contribution < 1.29 is 24.6 Å². The van der Waals surface area contributed by atoms with Gasteiger partial charge in [0, 0.05) is 12.2 Å². The highest BCUT2D eigenvalue weighted by atomic mass is 32.2. The number of aliphatic carboxylic acids is 2. The standard InChI is InChI=1S/C9H14N2O5S/c10-5(8(13)14)1-2-7(12)11-4-17-3-6(11)9(15)16/h5-6H,1-4,10H2,(H,13,14)(H,15,16). The van der Waals surface area contributed by atoms with Crippen LogP contribution in [0.25, 0.3) is 0 Å². The molecule has 0 spiro atoms. The van der Waals surface area contributed by atoms with Crippen molar-refractivity contribution in [2.45, 2.75) is 24.9 Å². The van der Waals surface area contributed by atoms with Gasteiger partial charge in [0.1, 0.15) is 12.1 Å². The Balaban J connectivity index is 2.47. The molecule has 1 saturated heterocycles. The maximum absolute atomic E-state index is 11.7. The van der Waals surface area contributed by atoms with Crippen LogP contribution < -0.4 is 5.73 Å². The number of carbonyl (C=O) groups excluding carboxylic acids is 1. The van der Waals surface area contributed by atoms with Crippen LogP contribution in [0.15, 0.2) is 0 Å². The number of carbonyl (C=O) groups is 3. The third-order valence-corrected chi connectivity index (χ3v) is 3.49. The summed E-state index contributed by atoms with van der Waals surface area (Å²) >= 11 is 1.36. The molecule has 2 atom stereocenters. The van der Waals surface area contributed by atoms with Crippen LogP contribution in [-0.2, 0) is 14.4 Å². The summed E-state index contributed by atoms with van der Waals surface area (Å²) in [6.45, 7) is 0. The normalized spacial score (nSPS) is 21.2. The number of rotatable bonds is 5. The van der Waals surface area contributed by atoms with E-state index in [-0.39, 0.29) is 18.7 Å². The van der Waals surface area contributed by atoms with Crippen LogP contribution in [0.5, 0.6) is 0 Å². The highest BCUT2D eigenvalue weighted by Crippen LogP contribution is 2.22. The summed E-state index contributed by atoms with van der Waals surface area (Å²) in [7, 11) is 0. The molecule has 0 aromatic heterocycles. The first-order valence-electron chi connectivity index (χ1n) is 5.02. The van der Waals surface area contributed by atoms with Gasteiger partial charge in [-0.15, -0.1) is 11.8 Å². The zero-order valence-corrected chi connectivity index (χ0v) is 9.85. The van der Waals surface area contributed by atoms with Crippen molar-refractivity contribution in [3.8, 4) is 0 Å². The van der Waals surface area contributed by atoms with Crippen molar-refractivity contribution in [2.24, 2.45) is 5.73 Å². The lowest BCUT2D eigenvalue weighted by atomic mass is 10.1. The minimum atomic E-state index is -1.16. The van der Waals surface area contributed by atoms with Crippen LogP contribution in [0.1, 0.15) is 12.8 Å². The summed E-state index contributed by atoms with van der Waals surface area (Å²) in [5, 5.41) is 17.4. The van der Waals surface area contributed by atoms with E-state index in [1.165, 1.54) is 16.7 Å². The molecule has 0 aliphatic carbocycles. The van der Waals surface area contributed by atoms with Gasteiger partial charge in [-0.25, -0.2) is 4.79 Å². The number of nitrogens with zero attached hydrogens (tertiary/aromatic N) is 1. The molecular formula is C9H14N2O5S. The van der Waals surface area contributed by atoms with Crippen LogP contribution in [0, 0.1) is 0 Å². The average molecular weight is 262 g/mol. The number of hydrogen-bond donors (Lipinski definition) is 3. The van der Waals surface area contributed by atoms with E-state index in [9.17, 15) is 14.4 Å². The lowest BCUT2D eigenvalue weighted by Gasteiger charge is -2.20. The molecule has 0 bridgehead atoms. The summed E-state index contributed by atoms with van der Waals surface area (Å²) < 4.78 is 0. The minimum absolute atomic E-state index is 0.0155. The summed E-state index contributed by atoms with van der Waals surface area (Å²) in [6.07, 6.45) is -0.0283. The molecule has 1 rings (SSSR count). The predicted octanol–water partition coefficient (Wildman–Crippen LogP) is -0.835. The van der Waals surface area contributed by atoms with Crippen LogP contribution >= 0.6 is 11.8 Å². The highest BCUT2D eigenvalue weighted by molar-refractivity contribution is 7.99. The number of amides is 1. The molecule has 4 N–H and O–H groups in total. The Hall–Kier alpha value is -1.28. The molecule has 1 heterocycles. The molecule has 0 aromatic rings. The van der Waals surface area contributed by atoms with Crippen molar-refractivity contribution in [1.29, 1.82) is 0 Å². The van der Waals surface area contributed by atoms with E-state index in [4.69, 9.17) is 15.9 Å². The van der Waals surface area contributed by atoms with Gasteiger partial charge in [0.15, 0.2) is 0 Å². The van der Waals surface area contributed by atoms with Crippen molar-refractivity contribution in [1.82, 2.24) is 4.90 Å². The van der Waals surface area contributed by atoms with E-state index in [1.54, 1.807) is 0 Å². The van der Waals surface area contributed by atoms with E-state index >= 15 is 0 Å². The Morgan fingerprint density at radius 2 is 2.06 bits per heavy atom. The summed E-state index contributed by atoms with van der Waals surface area (Å²) in [5.41, 5.74) is 5.27. The largest absolute Gasteiger partial charge is 0.480 e. The molecule has 96 valence electrons. The van der Waals surface area contributed by atoms with Gasteiger partial charge in [-0.3, -0.25) is 9.59 Å². The maximum atomic E-state index is 11.7. The molecule has 8 heteroatoms. The zero-order chi connectivity index (χ0) is 13.0. The molecule has 1 aliphatic heterocycles. The van der Waals surface area contributed by atoms with Crippen LogP contribution in [0.2, 0.25) is 0 Å². The molecule has 0 radical (unpaired) electrons. The number of carboxylic acid groups (broad SMARTS) is 2. The molecule has 1 aliphatic rings. The van der Waals surface area contributed by atoms with Crippen LogP contribution in [0.4, 0.5) is 0 Å². The number of carboxylic acids is 2. The maximum Gasteiger partial charge on any atom is 0.327 e. The van der Waals surface area contributed by atoms with Crippen LogP contribution in [-0.4, -0.2) is 56.7 Å². The minimum Gasteiger partial charge on any atom is -0.480 e. The second-order valence-corrected chi connectivity index (χ2v) is 4.70. The van der Waals surface area contributed by atoms with E-state index in [0.717, 1.165) is 0 Å². The molecule has 2 unspecified atom stereocenters. The first kappa shape index (κ1) is 13.8. The van der Waals surface area contributed by atoms with E-state index in [2.05, 4.69) is 0 Å². The Kier molecular flexibility index (Phi) is 4.76. The third-order valence-electron chi connectivity index (χ3n) is 2.47. The fourth-order valence-electron chi connectivity index (χ4n) is 1.44. The number of nitrogens with two attached hydrogens (primary N) is 1. The second kappa shape index (κ2) is 5.87. The van der Waals surface area contributed by atoms with Crippen molar-refractivity contribution in [2.75, 3.05) is 11.6 Å². The Morgan fingerprint density at radius 3 is 2.59 bits per heavy atom. The summed E-state index contributed by atoms with van der Waals surface area (Å²) in [5.74, 6) is -1.86. The van der Waals surface area contributed by atoms with Gasteiger partial charge >= 0.3 is 11.9 Å². The fourth-order valence-corrected chi connectivity index (χ4v) is 2.61. The van der Waals surface area contributed by atoms with Crippen molar-refractivity contribution in [3.63, 3.8) is 0 Å². The molecule has 1 fully saturated rings. The summed E-state index contributed by atoms with van der Waals surface area (Å²) in [6, 6.07) is -1.90. The monoisotopic (exact) mass is 262 g/mol. The summed E-state index contributed by atoms with van der Waals surface area (Å²) in [4.78, 5) is 34.2. The van der Waals surface area contributed by atoms with Gasteiger partial charge in [0.05, 0.1) is 5.88 Å². The fraction of sp³-hybridized carbons (Fsp3) is 0.667. The van der Waals surface area contributed by atoms with E-state index in [1.807, 2.05) is 0 Å². The smallest absolute Gasteiger partial charge is 0.327 e. The first-order valence-corrected chi connectivity index (χ1v) is 6.17. The third kappa shape index (κ3) is 3.60. The van der Waals surface area contributed by atoms with E-state index < -0.39 is 24.0 Å². The van der Waals surface area contributed by atoms with Crippen LogP contribution in [0.3, 0.4) is 0 Å². The molecule has 0 aromatic carbocycles. The molecule has 17 heavy (non-hydrogen) atoms. The van der Waals surface area contributed by atoms with Crippen molar-refractivity contribution in [3.05, 3.63) is 0 Å². The lowest BCUT2D eigenvalue weighted by molar-refractivity contribution is -0.148. The Morgan fingerprint density at radius 1 is 1.41 bits per heavy atom. The number of thioether (sulfide) groups is 1. The Labute approximate surface area is 102 Å². The lowest BCUT2D eigenvalue weighted by Crippen LogP contribution is -2.42. The quantitative estimate of drug-likeness (QED) is 0.591. The van der Waals surface area contributed by atoms with Gasteiger partial charge in [0.2, 0.25) is 5.91 Å².